The van der Waals surface area contributed by atoms with Gasteiger partial charge in [-0.05, 0) is 49.9 Å². The molecule has 1 aliphatic carbocycles. The van der Waals surface area contributed by atoms with Gasteiger partial charge in [-0.2, -0.15) is 5.10 Å². The van der Waals surface area contributed by atoms with E-state index in [1.807, 2.05) is 31.0 Å². The standard InChI is InChI=1S/C17H20N4OS/c1-11-6-7-15(23-11)17(22)20(2)13-9-21(10-13)16-8-12-4-3-5-14(12)18-19-16/h6-8,13H,3-5,9-10H2,1-2H3. The Balaban J connectivity index is 1.40. The molecule has 1 amide bonds. The lowest BCUT2D eigenvalue weighted by atomic mass is 10.1. The molecule has 2 aliphatic rings. The molecule has 0 spiro atoms. The molecule has 1 saturated heterocycles. The number of likely N-dealkylation sites (N-methyl/N-ethyl adjacent to an activating group) is 1. The quantitative estimate of drug-likeness (QED) is 0.867. The topological polar surface area (TPSA) is 49.3 Å². The maximum Gasteiger partial charge on any atom is 0.264 e. The molecule has 2 aromatic heterocycles. The average molecular weight is 328 g/mol. The average Bonchev–Trinajstić information content (AvgIpc) is 3.13. The van der Waals surface area contributed by atoms with Crippen LogP contribution < -0.4 is 4.90 Å². The van der Waals surface area contributed by atoms with Crippen LogP contribution in [0.3, 0.4) is 0 Å². The number of amides is 1. The Kier molecular flexibility index (Phi) is 3.56. The van der Waals surface area contributed by atoms with Crippen LogP contribution in [-0.4, -0.2) is 47.2 Å². The van der Waals surface area contributed by atoms with Crippen molar-refractivity contribution in [1.82, 2.24) is 15.1 Å². The van der Waals surface area contributed by atoms with Crippen molar-refractivity contribution in [1.29, 1.82) is 0 Å². The van der Waals surface area contributed by atoms with Crippen LogP contribution in [0, 0.1) is 6.92 Å². The molecule has 0 N–H and O–H groups in total. The van der Waals surface area contributed by atoms with Crippen molar-refractivity contribution in [2.24, 2.45) is 0 Å². The van der Waals surface area contributed by atoms with Crippen molar-refractivity contribution >= 4 is 23.1 Å². The van der Waals surface area contributed by atoms with Gasteiger partial charge in [-0.1, -0.05) is 0 Å². The van der Waals surface area contributed by atoms with Gasteiger partial charge in [-0.15, -0.1) is 16.4 Å². The fourth-order valence-electron chi connectivity index (χ4n) is 3.25. The number of aromatic nitrogens is 2. The largest absolute Gasteiger partial charge is 0.351 e. The van der Waals surface area contributed by atoms with Crippen LogP contribution in [0.1, 0.15) is 32.2 Å². The third kappa shape index (κ3) is 2.61. The van der Waals surface area contributed by atoms with Crippen molar-refractivity contribution in [2.45, 2.75) is 32.2 Å². The molecule has 5 nitrogen and oxygen atoms in total. The first-order valence-corrected chi connectivity index (χ1v) is 8.87. The monoisotopic (exact) mass is 328 g/mol. The Hall–Kier alpha value is -1.95. The Morgan fingerprint density at radius 2 is 2.13 bits per heavy atom. The first-order valence-electron chi connectivity index (χ1n) is 8.06. The van der Waals surface area contributed by atoms with Gasteiger partial charge in [0.25, 0.3) is 5.91 Å². The third-order valence-corrected chi connectivity index (χ3v) is 5.80. The van der Waals surface area contributed by atoms with Crippen LogP contribution >= 0.6 is 11.3 Å². The molecule has 1 aliphatic heterocycles. The van der Waals surface area contributed by atoms with E-state index in [-0.39, 0.29) is 11.9 Å². The molecule has 0 saturated carbocycles. The Labute approximate surface area is 139 Å². The minimum atomic E-state index is 0.118. The summed E-state index contributed by atoms with van der Waals surface area (Å²) in [5.74, 6) is 1.07. The molecular weight excluding hydrogens is 308 g/mol. The zero-order valence-electron chi connectivity index (χ0n) is 13.5. The maximum absolute atomic E-state index is 12.5. The molecular formula is C17H20N4OS. The molecule has 0 radical (unpaired) electrons. The lowest BCUT2D eigenvalue weighted by molar-refractivity contribution is 0.0710. The second-order valence-electron chi connectivity index (χ2n) is 6.41. The summed E-state index contributed by atoms with van der Waals surface area (Å²) in [6, 6.07) is 6.34. The molecule has 120 valence electrons. The lowest BCUT2D eigenvalue weighted by Gasteiger charge is -2.44. The number of aryl methyl sites for hydroxylation is 3. The van der Waals surface area contributed by atoms with Crippen LogP contribution in [0.25, 0.3) is 0 Å². The van der Waals surface area contributed by atoms with E-state index in [1.54, 1.807) is 11.3 Å². The zero-order valence-corrected chi connectivity index (χ0v) is 14.3. The van der Waals surface area contributed by atoms with Gasteiger partial charge in [0.1, 0.15) is 0 Å². The van der Waals surface area contributed by atoms with Crippen LogP contribution in [0.4, 0.5) is 5.82 Å². The minimum Gasteiger partial charge on any atom is -0.351 e. The highest BCUT2D eigenvalue weighted by Crippen LogP contribution is 2.27. The van der Waals surface area contributed by atoms with E-state index in [9.17, 15) is 4.79 Å². The summed E-state index contributed by atoms with van der Waals surface area (Å²) in [7, 11) is 1.90. The van der Waals surface area contributed by atoms with E-state index in [2.05, 4.69) is 21.2 Å². The lowest BCUT2D eigenvalue weighted by Crippen LogP contribution is -2.60. The van der Waals surface area contributed by atoms with Gasteiger partial charge in [-0.3, -0.25) is 4.79 Å². The number of nitrogens with zero attached hydrogens (tertiary/aromatic N) is 4. The molecule has 0 atom stereocenters. The van der Waals surface area contributed by atoms with Gasteiger partial charge < -0.3 is 9.80 Å². The van der Waals surface area contributed by atoms with E-state index in [0.29, 0.717) is 0 Å². The summed E-state index contributed by atoms with van der Waals surface area (Å²) in [5.41, 5.74) is 2.50. The molecule has 23 heavy (non-hydrogen) atoms. The predicted octanol–water partition coefficient (Wildman–Crippen LogP) is 2.30. The number of carbonyl (C=O) groups is 1. The molecule has 2 aromatic rings. The van der Waals surface area contributed by atoms with Crippen LogP contribution in [-0.2, 0) is 12.8 Å². The third-order valence-electron chi connectivity index (χ3n) is 4.81. The SMILES string of the molecule is Cc1ccc(C(=O)N(C)C2CN(c3cc4c(nn3)CCC4)C2)s1. The number of thiophene rings is 1. The number of carbonyl (C=O) groups excluding carboxylic acids is 1. The second-order valence-corrected chi connectivity index (χ2v) is 7.70. The maximum atomic E-state index is 12.5. The van der Waals surface area contributed by atoms with Gasteiger partial charge in [-0.25, -0.2) is 0 Å². The van der Waals surface area contributed by atoms with Crippen LogP contribution in [0.2, 0.25) is 0 Å². The Bertz CT molecular complexity index is 751. The Morgan fingerprint density at radius 3 is 2.87 bits per heavy atom. The van der Waals surface area contributed by atoms with Gasteiger partial charge >= 0.3 is 0 Å². The van der Waals surface area contributed by atoms with E-state index in [4.69, 9.17) is 0 Å². The van der Waals surface area contributed by atoms with E-state index in [0.717, 1.165) is 42.3 Å². The molecule has 3 heterocycles. The molecule has 0 aromatic carbocycles. The predicted molar refractivity (Wildman–Crippen MR) is 91.2 cm³/mol. The first kappa shape index (κ1) is 14.6. The highest BCUT2D eigenvalue weighted by atomic mass is 32.1. The summed E-state index contributed by atoms with van der Waals surface area (Å²) < 4.78 is 0. The molecule has 4 rings (SSSR count). The molecule has 1 fully saturated rings. The fourth-order valence-corrected chi connectivity index (χ4v) is 4.10. The van der Waals surface area contributed by atoms with Gasteiger partial charge in [0.05, 0.1) is 16.6 Å². The van der Waals surface area contributed by atoms with Crippen molar-refractivity contribution in [3.63, 3.8) is 0 Å². The minimum absolute atomic E-state index is 0.118. The fraction of sp³-hybridized carbons (Fsp3) is 0.471. The van der Waals surface area contributed by atoms with Crippen molar-refractivity contribution < 1.29 is 4.79 Å². The number of hydrogen-bond donors (Lipinski definition) is 0. The molecule has 0 bridgehead atoms. The van der Waals surface area contributed by atoms with E-state index in [1.165, 1.54) is 16.9 Å². The summed E-state index contributed by atoms with van der Waals surface area (Å²) in [6.07, 6.45) is 3.36. The molecule has 6 heteroatoms. The number of hydrogen-bond acceptors (Lipinski definition) is 5. The van der Waals surface area contributed by atoms with Crippen molar-refractivity contribution in [3.8, 4) is 0 Å². The summed E-state index contributed by atoms with van der Waals surface area (Å²) >= 11 is 1.56. The van der Waals surface area contributed by atoms with Gasteiger partial charge in [0.2, 0.25) is 0 Å². The smallest absolute Gasteiger partial charge is 0.264 e. The first-order chi connectivity index (χ1) is 11.1. The number of fused-ring (bicyclic) bond motifs is 1. The highest BCUT2D eigenvalue weighted by molar-refractivity contribution is 7.13. The number of rotatable bonds is 3. The van der Waals surface area contributed by atoms with Crippen LogP contribution in [0.15, 0.2) is 18.2 Å². The summed E-state index contributed by atoms with van der Waals surface area (Å²) in [6.45, 7) is 3.69. The van der Waals surface area contributed by atoms with Gasteiger partial charge in [0.15, 0.2) is 5.82 Å². The van der Waals surface area contributed by atoms with Crippen molar-refractivity contribution in [2.75, 3.05) is 25.0 Å². The van der Waals surface area contributed by atoms with E-state index < -0.39 is 0 Å². The highest BCUT2D eigenvalue weighted by Gasteiger charge is 2.34. The Morgan fingerprint density at radius 1 is 1.30 bits per heavy atom. The van der Waals surface area contributed by atoms with E-state index >= 15 is 0 Å². The normalized spacial score (nSPS) is 17.0. The summed E-state index contributed by atoms with van der Waals surface area (Å²) in [4.78, 5) is 18.5. The van der Waals surface area contributed by atoms with Crippen molar-refractivity contribution in [3.05, 3.63) is 39.2 Å². The summed E-state index contributed by atoms with van der Waals surface area (Å²) in [5, 5.41) is 8.69. The second kappa shape index (κ2) is 5.60. The molecule has 0 unspecified atom stereocenters. The zero-order chi connectivity index (χ0) is 16.0. The van der Waals surface area contributed by atoms with Crippen LogP contribution in [0.5, 0.6) is 0 Å². The van der Waals surface area contributed by atoms with Gasteiger partial charge in [0, 0.05) is 25.0 Å². The number of anilines is 1.